The summed E-state index contributed by atoms with van der Waals surface area (Å²) in [5.41, 5.74) is 0. The molecule has 110 valence electrons. The van der Waals surface area contributed by atoms with Crippen molar-refractivity contribution in [2.24, 2.45) is 0 Å². The van der Waals surface area contributed by atoms with Crippen LogP contribution in [-0.2, 0) is 9.84 Å². The van der Waals surface area contributed by atoms with E-state index in [0.717, 1.165) is 17.4 Å². The van der Waals surface area contributed by atoms with Crippen molar-refractivity contribution in [3.63, 3.8) is 0 Å². The summed E-state index contributed by atoms with van der Waals surface area (Å²) in [6.07, 6.45) is 7.51. The Morgan fingerprint density at radius 3 is 2.70 bits per heavy atom. The Morgan fingerprint density at radius 1 is 1.45 bits per heavy atom. The van der Waals surface area contributed by atoms with Gasteiger partial charge in [0, 0.05) is 6.54 Å². The molecule has 0 saturated heterocycles. The molecular weight excluding hydrogens is 280 g/mol. The average Bonchev–Trinajstić information content (AvgIpc) is 2.88. The summed E-state index contributed by atoms with van der Waals surface area (Å²) >= 11 is 0. The van der Waals surface area contributed by atoms with Crippen LogP contribution >= 0.6 is 0 Å². The van der Waals surface area contributed by atoms with Crippen LogP contribution in [0.4, 0.5) is 4.79 Å². The fourth-order valence-electron chi connectivity index (χ4n) is 1.61. The third kappa shape index (κ3) is 3.81. The van der Waals surface area contributed by atoms with Gasteiger partial charge in [-0.3, -0.25) is 0 Å². The Hall–Kier alpha value is -1.88. The highest BCUT2D eigenvalue weighted by Gasteiger charge is 2.22. The summed E-state index contributed by atoms with van der Waals surface area (Å²) in [4.78, 5) is 17.2. The third-order valence-electron chi connectivity index (χ3n) is 2.46. The summed E-state index contributed by atoms with van der Waals surface area (Å²) < 4.78 is 24.5. The summed E-state index contributed by atoms with van der Waals surface area (Å²) in [5, 5.41) is 3.41. The molecule has 0 N–H and O–H groups in total. The molecule has 1 aromatic heterocycles. The highest BCUT2D eigenvalue weighted by molar-refractivity contribution is 7.91. The van der Waals surface area contributed by atoms with Crippen molar-refractivity contribution in [3.05, 3.63) is 6.33 Å². The van der Waals surface area contributed by atoms with E-state index in [1.54, 1.807) is 6.92 Å². The molecule has 0 aliphatic carbocycles. The lowest BCUT2D eigenvalue weighted by atomic mass is 10.4. The third-order valence-corrected chi connectivity index (χ3v) is 4.15. The molecule has 0 aromatic carbocycles. The van der Waals surface area contributed by atoms with Crippen LogP contribution in [0.5, 0.6) is 0 Å². The molecule has 7 nitrogen and oxygen atoms in total. The Kier molecular flexibility index (Phi) is 5.70. The van der Waals surface area contributed by atoms with Crippen LogP contribution in [0, 0.1) is 12.3 Å². The van der Waals surface area contributed by atoms with Crippen molar-refractivity contribution in [2.75, 3.05) is 18.8 Å². The molecule has 1 amide bonds. The lowest BCUT2D eigenvalue weighted by Gasteiger charge is -2.18. The van der Waals surface area contributed by atoms with E-state index in [4.69, 9.17) is 6.42 Å². The molecule has 0 fully saturated rings. The molecule has 0 aliphatic rings. The normalized spacial score (nSPS) is 11.1. The van der Waals surface area contributed by atoms with Crippen molar-refractivity contribution in [3.8, 4) is 12.3 Å². The largest absolute Gasteiger partial charge is 0.346 e. The van der Waals surface area contributed by atoms with Gasteiger partial charge in [-0.15, -0.1) is 11.5 Å². The van der Waals surface area contributed by atoms with Crippen LogP contribution in [0.2, 0.25) is 0 Å². The summed E-state index contributed by atoms with van der Waals surface area (Å²) in [5.74, 6) is 2.34. The van der Waals surface area contributed by atoms with Crippen LogP contribution < -0.4 is 0 Å². The zero-order valence-electron chi connectivity index (χ0n) is 11.6. The number of rotatable bonds is 6. The van der Waals surface area contributed by atoms with Crippen molar-refractivity contribution < 1.29 is 13.2 Å². The van der Waals surface area contributed by atoms with Gasteiger partial charge >= 0.3 is 6.03 Å². The predicted octanol–water partition coefficient (Wildman–Crippen LogP) is 0.775. The van der Waals surface area contributed by atoms with Crippen LogP contribution in [0.15, 0.2) is 11.5 Å². The van der Waals surface area contributed by atoms with Gasteiger partial charge in [-0.25, -0.2) is 18.2 Å². The van der Waals surface area contributed by atoms with Crippen molar-refractivity contribution in [2.45, 2.75) is 31.8 Å². The van der Waals surface area contributed by atoms with E-state index in [1.165, 1.54) is 4.90 Å². The number of nitrogens with zero attached hydrogens (tertiary/aromatic N) is 4. The number of sulfone groups is 1. The minimum Gasteiger partial charge on any atom is -0.312 e. The van der Waals surface area contributed by atoms with Crippen molar-refractivity contribution in [1.29, 1.82) is 0 Å². The Labute approximate surface area is 118 Å². The van der Waals surface area contributed by atoms with Crippen LogP contribution in [0.1, 0.15) is 26.7 Å². The van der Waals surface area contributed by atoms with Crippen LogP contribution in [0.3, 0.4) is 0 Å². The van der Waals surface area contributed by atoms with E-state index in [9.17, 15) is 13.2 Å². The van der Waals surface area contributed by atoms with Gasteiger partial charge in [0.15, 0.2) is 0 Å². The van der Waals surface area contributed by atoms with E-state index in [1.807, 2.05) is 6.92 Å². The number of carbonyl (C=O) groups excluding carboxylic acids is 1. The lowest BCUT2D eigenvalue weighted by Crippen LogP contribution is -2.36. The van der Waals surface area contributed by atoms with Gasteiger partial charge < -0.3 is 4.90 Å². The van der Waals surface area contributed by atoms with E-state index in [-0.39, 0.29) is 17.5 Å². The molecule has 0 spiro atoms. The first-order valence-corrected chi connectivity index (χ1v) is 7.98. The zero-order valence-corrected chi connectivity index (χ0v) is 12.4. The van der Waals surface area contributed by atoms with Gasteiger partial charge in [0.1, 0.15) is 6.33 Å². The first-order chi connectivity index (χ1) is 9.46. The number of carbonyl (C=O) groups is 1. The Morgan fingerprint density at radius 2 is 2.15 bits per heavy atom. The number of hydrogen-bond acceptors (Lipinski definition) is 5. The highest BCUT2D eigenvalue weighted by Crippen LogP contribution is 2.06. The molecule has 1 heterocycles. The van der Waals surface area contributed by atoms with Crippen LogP contribution in [-0.4, -0.2) is 53.0 Å². The maximum atomic E-state index is 12.1. The molecule has 0 atom stereocenters. The second-order valence-corrected chi connectivity index (χ2v) is 6.20. The molecule has 0 saturated carbocycles. The molecule has 0 aliphatic heterocycles. The van der Waals surface area contributed by atoms with E-state index < -0.39 is 15.9 Å². The van der Waals surface area contributed by atoms with Gasteiger partial charge in [-0.1, -0.05) is 19.8 Å². The quantitative estimate of drug-likeness (QED) is 0.724. The highest BCUT2D eigenvalue weighted by atomic mass is 32.2. The van der Waals surface area contributed by atoms with Gasteiger partial charge in [0.25, 0.3) is 5.16 Å². The molecule has 0 radical (unpaired) electrons. The maximum Gasteiger partial charge on any atom is 0.346 e. The molecule has 20 heavy (non-hydrogen) atoms. The Bertz CT molecular complexity index is 600. The first kappa shape index (κ1) is 16.2. The van der Waals surface area contributed by atoms with Gasteiger partial charge in [-0.2, -0.15) is 4.68 Å². The number of amides is 1. The number of aromatic nitrogens is 3. The van der Waals surface area contributed by atoms with Crippen LogP contribution in [0.25, 0.3) is 0 Å². The van der Waals surface area contributed by atoms with Gasteiger partial charge in [0.2, 0.25) is 9.84 Å². The molecule has 1 rings (SSSR count). The first-order valence-electron chi connectivity index (χ1n) is 6.33. The summed E-state index contributed by atoms with van der Waals surface area (Å²) in [6.45, 7) is 4.27. The zero-order chi connectivity index (χ0) is 15.2. The minimum absolute atomic E-state index is 0.0474. The lowest BCUT2D eigenvalue weighted by molar-refractivity contribution is 0.202. The summed E-state index contributed by atoms with van der Waals surface area (Å²) in [7, 11) is -3.53. The molecule has 0 bridgehead atoms. The van der Waals surface area contributed by atoms with Crippen molar-refractivity contribution in [1.82, 2.24) is 19.7 Å². The van der Waals surface area contributed by atoms with Gasteiger partial charge in [0.05, 0.1) is 12.3 Å². The van der Waals surface area contributed by atoms with E-state index >= 15 is 0 Å². The van der Waals surface area contributed by atoms with Gasteiger partial charge in [-0.05, 0) is 12.8 Å². The second-order valence-electron chi connectivity index (χ2n) is 4.20. The predicted molar refractivity (Wildman–Crippen MR) is 73.9 cm³/mol. The monoisotopic (exact) mass is 298 g/mol. The standard InChI is InChI=1S/C12H18N4O3S/c1-4-7-15(8-5-2)12(17)16-10-13-11(14-16)20(18,19)9-6-3/h1,10H,5-9H2,2-3H3. The molecule has 1 aromatic rings. The molecule has 0 unspecified atom stereocenters. The molecule has 8 heteroatoms. The summed E-state index contributed by atoms with van der Waals surface area (Å²) in [6, 6.07) is -0.477. The van der Waals surface area contributed by atoms with E-state index in [2.05, 4.69) is 16.0 Å². The fourth-order valence-corrected chi connectivity index (χ4v) is 2.75. The fraction of sp³-hybridized carbons (Fsp3) is 0.583. The minimum atomic E-state index is -3.53. The topological polar surface area (TPSA) is 85.2 Å². The van der Waals surface area contributed by atoms with E-state index in [0.29, 0.717) is 13.0 Å². The second kappa shape index (κ2) is 7.05. The SMILES string of the molecule is C#CCN(CCC)C(=O)n1cnc(S(=O)(=O)CCC)n1. The Balaban J connectivity index is 2.96. The maximum absolute atomic E-state index is 12.1. The van der Waals surface area contributed by atoms with Crippen molar-refractivity contribution >= 4 is 15.9 Å². The number of hydrogen-bond donors (Lipinski definition) is 0. The number of terminal acetylenes is 1. The molecular formula is C12H18N4O3S. The average molecular weight is 298 g/mol. The smallest absolute Gasteiger partial charge is 0.312 e.